The zero-order chi connectivity index (χ0) is 28.0. The zero-order valence-corrected chi connectivity index (χ0v) is 23.2. The minimum atomic E-state index is -4.19. The Morgan fingerprint density at radius 1 is 1.00 bits per heavy atom. The fourth-order valence-corrected chi connectivity index (χ4v) is 6.28. The highest BCUT2D eigenvalue weighted by Gasteiger charge is 2.33. The minimum Gasteiger partial charge on any atom is -0.352 e. The molecule has 10 heteroatoms. The number of anilines is 1. The van der Waals surface area contributed by atoms with Gasteiger partial charge in [0, 0.05) is 23.2 Å². The number of benzene rings is 3. The molecule has 0 saturated heterocycles. The lowest BCUT2D eigenvalue weighted by Crippen LogP contribution is -2.52. The lowest BCUT2D eigenvalue weighted by atomic mass is 10.1. The maximum atomic E-state index is 14.6. The van der Waals surface area contributed by atoms with Crippen molar-refractivity contribution >= 4 is 39.1 Å². The molecular formula is C29H31ClFN3O4S. The predicted molar refractivity (Wildman–Crippen MR) is 149 cm³/mol. The van der Waals surface area contributed by atoms with Gasteiger partial charge in [0.05, 0.1) is 10.6 Å². The van der Waals surface area contributed by atoms with Crippen LogP contribution in [0.3, 0.4) is 0 Å². The van der Waals surface area contributed by atoms with Crippen molar-refractivity contribution in [1.29, 1.82) is 0 Å². The van der Waals surface area contributed by atoms with Crippen LogP contribution in [0.1, 0.15) is 38.2 Å². The largest absolute Gasteiger partial charge is 0.352 e. The number of sulfonamides is 1. The Kier molecular flexibility index (Phi) is 9.24. The van der Waals surface area contributed by atoms with Crippen LogP contribution in [0.25, 0.3) is 0 Å². The molecule has 1 atom stereocenters. The molecule has 1 fully saturated rings. The van der Waals surface area contributed by atoms with Crippen LogP contribution in [0.2, 0.25) is 5.02 Å². The van der Waals surface area contributed by atoms with Gasteiger partial charge in [-0.3, -0.25) is 13.9 Å². The average Bonchev–Trinajstić information content (AvgIpc) is 3.44. The van der Waals surface area contributed by atoms with E-state index >= 15 is 0 Å². The lowest BCUT2D eigenvalue weighted by molar-refractivity contribution is -0.139. The first-order chi connectivity index (χ1) is 18.7. The summed E-state index contributed by atoms with van der Waals surface area (Å²) in [5, 5.41) is 3.28. The van der Waals surface area contributed by atoms with Gasteiger partial charge in [-0.05, 0) is 56.2 Å². The van der Waals surface area contributed by atoms with Crippen molar-refractivity contribution in [2.45, 2.75) is 56.1 Å². The first-order valence-corrected chi connectivity index (χ1v) is 14.6. The number of amides is 2. The van der Waals surface area contributed by atoms with Crippen LogP contribution in [-0.4, -0.2) is 43.8 Å². The molecule has 1 N–H and O–H groups in total. The van der Waals surface area contributed by atoms with E-state index in [1.165, 1.54) is 47.4 Å². The molecule has 3 aromatic carbocycles. The van der Waals surface area contributed by atoms with Crippen LogP contribution < -0.4 is 9.62 Å². The van der Waals surface area contributed by atoms with E-state index in [0.29, 0.717) is 5.02 Å². The number of nitrogens with zero attached hydrogens (tertiary/aromatic N) is 2. The molecule has 0 aliphatic heterocycles. The minimum absolute atomic E-state index is 0.00884. The standard InChI is InChI=1S/C29H31ClFN3O4S/c1-21(29(36)32-24-12-6-7-13-24)33(19-22-10-5-8-17-27(22)31)28(35)20-34(25-14-9-11-23(30)18-25)39(37,38)26-15-3-2-4-16-26/h2-5,8-11,14-18,21,24H,6-7,12-13,19-20H2,1H3,(H,32,36)/t21-/m0/s1. The molecule has 2 amide bonds. The van der Waals surface area contributed by atoms with Gasteiger partial charge in [0.25, 0.3) is 10.0 Å². The summed E-state index contributed by atoms with van der Waals surface area (Å²) in [5.41, 5.74) is 0.403. The van der Waals surface area contributed by atoms with Gasteiger partial charge >= 0.3 is 0 Å². The van der Waals surface area contributed by atoms with Crippen molar-refractivity contribution < 1.29 is 22.4 Å². The second kappa shape index (κ2) is 12.6. The SMILES string of the molecule is C[C@@H](C(=O)NC1CCCC1)N(Cc1ccccc1F)C(=O)CN(c1cccc(Cl)c1)S(=O)(=O)c1ccccc1. The topological polar surface area (TPSA) is 86.8 Å². The summed E-state index contributed by atoms with van der Waals surface area (Å²) in [4.78, 5) is 28.3. The van der Waals surface area contributed by atoms with E-state index in [4.69, 9.17) is 11.6 Å². The van der Waals surface area contributed by atoms with Crippen LogP contribution >= 0.6 is 11.6 Å². The van der Waals surface area contributed by atoms with Crippen molar-refractivity contribution in [2.24, 2.45) is 0 Å². The van der Waals surface area contributed by atoms with Crippen molar-refractivity contribution in [3.8, 4) is 0 Å². The van der Waals surface area contributed by atoms with Crippen molar-refractivity contribution in [1.82, 2.24) is 10.2 Å². The van der Waals surface area contributed by atoms with Crippen LogP contribution in [0.4, 0.5) is 10.1 Å². The fourth-order valence-electron chi connectivity index (χ4n) is 4.66. The normalized spacial score (nSPS) is 14.5. The predicted octanol–water partition coefficient (Wildman–Crippen LogP) is 5.15. The Morgan fingerprint density at radius 2 is 1.67 bits per heavy atom. The smallest absolute Gasteiger partial charge is 0.264 e. The first-order valence-electron chi connectivity index (χ1n) is 12.8. The Balaban J connectivity index is 1.69. The maximum Gasteiger partial charge on any atom is 0.264 e. The summed E-state index contributed by atoms with van der Waals surface area (Å²) in [5.74, 6) is -1.55. The molecule has 1 aliphatic carbocycles. The molecule has 1 aliphatic rings. The highest BCUT2D eigenvalue weighted by molar-refractivity contribution is 7.92. The number of hydrogen-bond donors (Lipinski definition) is 1. The van der Waals surface area contributed by atoms with E-state index in [1.807, 2.05) is 0 Å². The van der Waals surface area contributed by atoms with E-state index < -0.39 is 34.3 Å². The third-order valence-corrected chi connectivity index (χ3v) is 8.90. The Bertz CT molecular complexity index is 1410. The lowest BCUT2D eigenvalue weighted by Gasteiger charge is -2.32. The molecule has 206 valence electrons. The molecular weight excluding hydrogens is 541 g/mol. The van der Waals surface area contributed by atoms with Crippen LogP contribution in [0.15, 0.2) is 83.8 Å². The fraction of sp³-hybridized carbons (Fsp3) is 0.310. The van der Waals surface area contributed by atoms with Crippen molar-refractivity contribution in [2.75, 3.05) is 10.8 Å². The summed E-state index contributed by atoms with van der Waals surface area (Å²) in [6.07, 6.45) is 3.75. The zero-order valence-electron chi connectivity index (χ0n) is 21.6. The first kappa shape index (κ1) is 28.6. The van der Waals surface area contributed by atoms with Crippen LogP contribution in [0.5, 0.6) is 0 Å². The molecule has 3 aromatic rings. The van der Waals surface area contributed by atoms with Gasteiger partial charge in [0.1, 0.15) is 18.4 Å². The monoisotopic (exact) mass is 571 g/mol. The molecule has 1 saturated carbocycles. The van der Waals surface area contributed by atoms with Gasteiger partial charge in [0.15, 0.2) is 0 Å². The number of carbonyl (C=O) groups excluding carboxylic acids is 2. The third-order valence-electron chi connectivity index (χ3n) is 6.87. The second-order valence-electron chi connectivity index (χ2n) is 9.58. The van der Waals surface area contributed by atoms with Crippen molar-refractivity contribution in [3.63, 3.8) is 0 Å². The van der Waals surface area contributed by atoms with E-state index in [-0.39, 0.29) is 34.6 Å². The van der Waals surface area contributed by atoms with E-state index in [1.54, 1.807) is 43.3 Å². The van der Waals surface area contributed by atoms with Gasteiger partial charge in [0.2, 0.25) is 11.8 Å². The molecule has 0 aromatic heterocycles. The second-order valence-corrected chi connectivity index (χ2v) is 11.9. The van der Waals surface area contributed by atoms with Gasteiger partial charge in [-0.25, -0.2) is 12.8 Å². The number of hydrogen-bond acceptors (Lipinski definition) is 4. The third kappa shape index (κ3) is 6.96. The molecule has 0 bridgehead atoms. The molecule has 4 rings (SSSR count). The summed E-state index contributed by atoms with van der Waals surface area (Å²) in [6.45, 7) is 0.741. The van der Waals surface area contributed by atoms with Gasteiger partial charge in [-0.2, -0.15) is 0 Å². The van der Waals surface area contributed by atoms with E-state index in [2.05, 4.69) is 5.32 Å². The molecule has 0 unspecified atom stereocenters. The van der Waals surface area contributed by atoms with Gasteiger partial charge < -0.3 is 10.2 Å². The Hall–Kier alpha value is -3.43. The van der Waals surface area contributed by atoms with Crippen LogP contribution in [0, 0.1) is 5.82 Å². The van der Waals surface area contributed by atoms with Crippen LogP contribution in [-0.2, 0) is 26.2 Å². The Labute approximate surface area is 233 Å². The number of halogens is 2. The quantitative estimate of drug-likeness (QED) is 0.365. The highest BCUT2D eigenvalue weighted by atomic mass is 35.5. The van der Waals surface area contributed by atoms with E-state index in [0.717, 1.165) is 30.0 Å². The summed E-state index contributed by atoms with van der Waals surface area (Å²) in [6, 6.07) is 18.9. The summed E-state index contributed by atoms with van der Waals surface area (Å²) in [7, 11) is -4.19. The van der Waals surface area contributed by atoms with E-state index in [9.17, 15) is 22.4 Å². The van der Waals surface area contributed by atoms with Crippen molar-refractivity contribution in [3.05, 3.63) is 95.3 Å². The molecule has 7 nitrogen and oxygen atoms in total. The van der Waals surface area contributed by atoms with Gasteiger partial charge in [-0.1, -0.05) is 66.9 Å². The molecule has 0 heterocycles. The number of nitrogens with one attached hydrogen (secondary N) is 1. The number of carbonyl (C=O) groups is 2. The average molecular weight is 572 g/mol. The summed E-state index contributed by atoms with van der Waals surface area (Å²) >= 11 is 6.17. The number of rotatable bonds is 10. The maximum absolute atomic E-state index is 14.6. The molecule has 0 radical (unpaired) electrons. The summed E-state index contributed by atoms with van der Waals surface area (Å²) < 4.78 is 43.0. The highest BCUT2D eigenvalue weighted by Crippen LogP contribution is 2.27. The van der Waals surface area contributed by atoms with Gasteiger partial charge in [-0.15, -0.1) is 0 Å². The Morgan fingerprint density at radius 3 is 2.33 bits per heavy atom. The molecule has 0 spiro atoms. The molecule has 39 heavy (non-hydrogen) atoms.